The molecule has 2 aromatic heterocycles. The van der Waals surface area contributed by atoms with Crippen molar-refractivity contribution < 1.29 is 14.8 Å². The largest absolute Gasteiger partial charge is 0.476 e. The molecule has 0 aliphatic rings. The van der Waals surface area contributed by atoms with Crippen molar-refractivity contribution in [1.29, 1.82) is 0 Å². The molecular formula is C14H10N6O4. The molecule has 10 heteroatoms. The Balaban J connectivity index is 2.21. The average Bonchev–Trinajstić information content (AvgIpc) is 3.05. The summed E-state index contributed by atoms with van der Waals surface area (Å²) in [5, 5.41) is 20.3. The van der Waals surface area contributed by atoms with Gasteiger partial charge in [-0.3, -0.25) is 10.1 Å². The van der Waals surface area contributed by atoms with Gasteiger partial charge in [0.1, 0.15) is 17.6 Å². The van der Waals surface area contributed by atoms with E-state index in [4.69, 9.17) is 10.8 Å². The summed E-state index contributed by atoms with van der Waals surface area (Å²) in [5.41, 5.74) is 5.78. The fourth-order valence-corrected chi connectivity index (χ4v) is 2.18. The highest BCUT2D eigenvalue weighted by molar-refractivity contribution is 5.85. The Labute approximate surface area is 134 Å². The van der Waals surface area contributed by atoms with Crippen LogP contribution in [-0.2, 0) is 0 Å². The molecule has 0 unspecified atom stereocenters. The highest BCUT2D eigenvalue weighted by Gasteiger charge is 2.23. The summed E-state index contributed by atoms with van der Waals surface area (Å²) in [5.74, 6) is -1.05. The third kappa shape index (κ3) is 2.63. The lowest BCUT2D eigenvalue weighted by molar-refractivity contribution is -0.383. The van der Waals surface area contributed by atoms with Crippen LogP contribution in [0.4, 0.5) is 11.4 Å². The molecule has 3 N–H and O–H groups in total. The van der Waals surface area contributed by atoms with Gasteiger partial charge >= 0.3 is 11.7 Å². The molecule has 24 heavy (non-hydrogen) atoms. The van der Waals surface area contributed by atoms with Crippen LogP contribution < -0.4 is 5.73 Å². The number of aromatic carboxylic acids is 1. The van der Waals surface area contributed by atoms with Gasteiger partial charge < -0.3 is 15.4 Å². The molecule has 0 saturated heterocycles. The molecule has 0 aliphatic heterocycles. The third-order valence-corrected chi connectivity index (χ3v) is 3.21. The number of nitro benzene ring substituents is 1. The summed E-state index contributed by atoms with van der Waals surface area (Å²) >= 11 is 0. The quantitative estimate of drug-likeness (QED) is 0.416. The monoisotopic (exact) mass is 326 g/mol. The second-order valence-electron chi connectivity index (χ2n) is 4.73. The average molecular weight is 326 g/mol. The molecule has 120 valence electrons. The van der Waals surface area contributed by atoms with Gasteiger partial charge in [0.15, 0.2) is 11.5 Å². The molecule has 0 amide bonds. The second kappa shape index (κ2) is 5.76. The number of nitrogen functional groups attached to an aromatic ring is 1. The van der Waals surface area contributed by atoms with Gasteiger partial charge in [-0.05, 0) is 18.2 Å². The first kappa shape index (κ1) is 15.1. The predicted molar refractivity (Wildman–Crippen MR) is 82.6 cm³/mol. The maximum absolute atomic E-state index is 11.3. The zero-order valence-corrected chi connectivity index (χ0v) is 12.0. The highest BCUT2D eigenvalue weighted by Crippen LogP contribution is 2.35. The Morgan fingerprint density at radius 3 is 2.54 bits per heavy atom. The van der Waals surface area contributed by atoms with Crippen molar-refractivity contribution in [2.45, 2.75) is 0 Å². The lowest BCUT2D eigenvalue weighted by Gasteiger charge is -2.08. The maximum Gasteiger partial charge on any atom is 0.356 e. The Morgan fingerprint density at radius 1 is 1.25 bits per heavy atom. The summed E-state index contributed by atoms with van der Waals surface area (Å²) in [6.45, 7) is 0. The van der Waals surface area contributed by atoms with Gasteiger partial charge in [-0.1, -0.05) is 0 Å². The van der Waals surface area contributed by atoms with Crippen LogP contribution in [0.1, 0.15) is 10.5 Å². The minimum atomic E-state index is -1.18. The molecule has 0 saturated carbocycles. The third-order valence-electron chi connectivity index (χ3n) is 3.21. The lowest BCUT2D eigenvalue weighted by Crippen LogP contribution is -2.03. The van der Waals surface area contributed by atoms with Crippen LogP contribution in [0.2, 0.25) is 0 Å². The summed E-state index contributed by atoms with van der Waals surface area (Å²) in [6, 6.07) is 4.40. The first-order chi connectivity index (χ1) is 11.5. The van der Waals surface area contributed by atoms with E-state index in [1.807, 2.05) is 0 Å². The number of anilines is 1. The van der Waals surface area contributed by atoms with E-state index < -0.39 is 10.9 Å². The SMILES string of the molecule is Nc1cc(-n2cnc(C(=O)O)c2)cc(-c2ncccn2)c1[N+](=O)[O-]. The number of carboxylic acid groups (broad SMARTS) is 1. The first-order valence-corrected chi connectivity index (χ1v) is 6.60. The number of aromatic nitrogens is 4. The van der Waals surface area contributed by atoms with Gasteiger partial charge in [-0.2, -0.15) is 0 Å². The smallest absolute Gasteiger partial charge is 0.356 e. The standard InChI is InChI=1S/C14H10N6O4/c15-10-5-8(19-6-11(14(21)22)18-7-19)4-9(12(10)20(23)24)13-16-2-1-3-17-13/h1-7H,15H2,(H,21,22). The molecule has 2 heterocycles. The molecule has 0 spiro atoms. The van der Waals surface area contributed by atoms with Crippen molar-refractivity contribution in [2.24, 2.45) is 0 Å². The number of carbonyl (C=O) groups is 1. The van der Waals surface area contributed by atoms with Crippen LogP contribution in [0.3, 0.4) is 0 Å². The van der Waals surface area contributed by atoms with Gasteiger partial charge in [-0.15, -0.1) is 0 Å². The van der Waals surface area contributed by atoms with Gasteiger partial charge in [-0.25, -0.2) is 19.7 Å². The van der Waals surface area contributed by atoms with Crippen LogP contribution in [0, 0.1) is 10.1 Å². The molecule has 3 aromatic rings. The summed E-state index contributed by atoms with van der Waals surface area (Å²) in [6.07, 6.45) is 5.46. The molecule has 0 atom stereocenters. The van der Waals surface area contributed by atoms with Crippen molar-refractivity contribution in [3.63, 3.8) is 0 Å². The number of nitrogens with two attached hydrogens (primary N) is 1. The molecular weight excluding hydrogens is 316 g/mol. The number of nitro groups is 1. The fraction of sp³-hybridized carbons (Fsp3) is 0. The minimum absolute atomic E-state index is 0.0921. The molecule has 0 bridgehead atoms. The van der Waals surface area contributed by atoms with E-state index in [2.05, 4.69) is 15.0 Å². The molecule has 1 aromatic carbocycles. The fourth-order valence-electron chi connectivity index (χ4n) is 2.18. The van der Waals surface area contributed by atoms with E-state index in [9.17, 15) is 14.9 Å². The normalized spacial score (nSPS) is 10.5. The molecule has 3 rings (SSSR count). The zero-order chi connectivity index (χ0) is 17.3. The number of rotatable bonds is 4. The van der Waals surface area contributed by atoms with Crippen LogP contribution in [0.25, 0.3) is 17.1 Å². The van der Waals surface area contributed by atoms with E-state index >= 15 is 0 Å². The number of hydrogen-bond donors (Lipinski definition) is 2. The lowest BCUT2D eigenvalue weighted by atomic mass is 10.1. The number of carboxylic acids is 1. The van der Waals surface area contributed by atoms with Gasteiger partial charge in [0.2, 0.25) is 0 Å². The number of benzene rings is 1. The van der Waals surface area contributed by atoms with Crippen molar-refractivity contribution >= 4 is 17.3 Å². The Morgan fingerprint density at radius 2 is 1.96 bits per heavy atom. The van der Waals surface area contributed by atoms with Gasteiger partial charge in [0.05, 0.1) is 4.92 Å². The number of imidazole rings is 1. The van der Waals surface area contributed by atoms with Crippen molar-refractivity contribution in [1.82, 2.24) is 19.5 Å². The van der Waals surface area contributed by atoms with E-state index in [-0.39, 0.29) is 28.5 Å². The van der Waals surface area contributed by atoms with Crippen LogP contribution in [-0.4, -0.2) is 35.5 Å². The van der Waals surface area contributed by atoms with E-state index in [1.54, 1.807) is 6.07 Å². The molecule has 0 aliphatic carbocycles. The van der Waals surface area contributed by atoms with Crippen molar-refractivity contribution in [2.75, 3.05) is 5.73 Å². The van der Waals surface area contributed by atoms with Gasteiger partial charge in [0.25, 0.3) is 0 Å². The Kier molecular flexibility index (Phi) is 3.62. The van der Waals surface area contributed by atoms with Crippen LogP contribution >= 0.6 is 0 Å². The van der Waals surface area contributed by atoms with Crippen molar-refractivity contribution in [3.05, 3.63) is 58.9 Å². The first-order valence-electron chi connectivity index (χ1n) is 6.60. The number of nitrogens with zero attached hydrogens (tertiary/aromatic N) is 5. The van der Waals surface area contributed by atoms with Crippen molar-refractivity contribution in [3.8, 4) is 17.1 Å². The Bertz CT molecular complexity index is 938. The zero-order valence-electron chi connectivity index (χ0n) is 12.0. The van der Waals surface area contributed by atoms with E-state index in [0.717, 1.165) is 0 Å². The Hall–Kier alpha value is -3.82. The second-order valence-corrected chi connectivity index (χ2v) is 4.73. The van der Waals surface area contributed by atoms with E-state index in [0.29, 0.717) is 5.69 Å². The van der Waals surface area contributed by atoms with Crippen LogP contribution in [0.15, 0.2) is 43.1 Å². The summed E-state index contributed by atoms with van der Waals surface area (Å²) in [7, 11) is 0. The molecule has 10 nitrogen and oxygen atoms in total. The predicted octanol–water partition coefficient (Wildman–Crippen LogP) is 1.52. The van der Waals surface area contributed by atoms with E-state index in [1.165, 1.54) is 41.6 Å². The maximum atomic E-state index is 11.3. The number of hydrogen-bond acceptors (Lipinski definition) is 7. The van der Waals surface area contributed by atoms with Gasteiger partial charge in [0, 0.05) is 24.3 Å². The minimum Gasteiger partial charge on any atom is -0.476 e. The molecule has 0 radical (unpaired) electrons. The summed E-state index contributed by atoms with van der Waals surface area (Å²) in [4.78, 5) is 33.4. The highest BCUT2D eigenvalue weighted by atomic mass is 16.6. The molecule has 0 fully saturated rings. The topological polar surface area (TPSA) is 150 Å². The summed E-state index contributed by atoms with van der Waals surface area (Å²) < 4.78 is 1.40. The van der Waals surface area contributed by atoms with Crippen LogP contribution in [0.5, 0.6) is 0 Å².